The molecule has 0 saturated carbocycles. The van der Waals surface area contributed by atoms with Crippen LogP contribution < -0.4 is 10.1 Å². The molecule has 1 rings (SSSR count). The lowest BCUT2D eigenvalue weighted by Crippen LogP contribution is -2.29. The molecule has 0 aliphatic heterocycles. The van der Waals surface area contributed by atoms with Crippen molar-refractivity contribution in [3.63, 3.8) is 0 Å². The number of hydrogen-bond acceptors (Lipinski definition) is 2. The molecule has 0 radical (unpaired) electrons. The number of rotatable bonds is 7. The topological polar surface area (TPSA) is 21.3 Å². The number of hydrogen-bond donors (Lipinski definition) is 1. The quantitative estimate of drug-likeness (QED) is 0.793. The highest BCUT2D eigenvalue weighted by molar-refractivity contribution is 6.31. The molecule has 1 aromatic carbocycles. The molecule has 3 heteroatoms. The fraction of sp³-hybridized carbons (Fsp3) is 0.625. The van der Waals surface area contributed by atoms with Gasteiger partial charge in [0.2, 0.25) is 0 Å². The van der Waals surface area contributed by atoms with Crippen molar-refractivity contribution in [3.05, 3.63) is 28.3 Å². The number of halogens is 1. The van der Waals surface area contributed by atoms with Crippen LogP contribution >= 0.6 is 11.6 Å². The number of likely N-dealkylation sites (N-methyl/N-ethyl adjacent to an activating group) is 1. The summed E-state index contributed by atoms with van der Waals surface area (Å²) in [6.45, 7) is 9.40. The molecule has 0 spiro atoms. The molecule has 1 atom stereocenters. The Hall–Kier alpha value is -0.730. The molecule has 19 heavy (non-hydrogen) atoms. The Morgan fingerprint density at radius 3 is 2.53 bits per heavy atom. The third-order valence-electron chi connectivity index (χ3n) is 3.25. The Labute approximate surface area is 122 Å². The molecule has 1 N–H and O–H groups in total. The highest BCUT2D eigenvalue weighted by Gasteiger charge is 2.14. The molecule has 2 nitrogen and oxygen atoms in total. The van der Waals surface area contributed by atoms with Gasteiger partial charge in [0.05, 0.1) is 0 Å². The summed E-state index contributed by atoms with van der Waals surface area (Å²) in [5, 5.41) is 4.02. The van der Waals surface area contributed by atoms with Crippen molar-refractivity contribution in [3.8, 4) is 5.75 Å². The van der Waals surface area contributed by atoms with Gasteiger partial charge in [-0.05, 0) is 49.6 Å². The molecule has 1 unspecified atom stereocenters. The molecular formula is C16H26ClNO. The van der Waals surface area contributed by atoms with Crippen molar-refractivity contribution in [2.45, 2.75) is 52.6 Å². The summed E-state index contributed by atoms with van der Waals surface area (Å²) in [6.07, 6.45) is 2.39. The van der Waals surface area contributed by atoms with E-state index < -0.39 is 0 Å². The fourth-order valence-corrected chi connectivity index (χ4v) is 2.61. The number of benzene rings is 1. The van der Waals surface area contributed by atoms with Gasteiger partial charge in [-0.25, -0.2) is 0 Å². The van der Waals surface area contributed by atoms with Gasteiger partial charge in [-0.15, -0.1) is 0 Å². The first-order valence-corrected chi connectivity index (χ1v) is 7.48. The van der Waals surface area contributed by atoms with E-state index in [2.05, 4.69) is 32.2 Å². The minimum Gasteiger partial charge on any atom is -0.489 e. The highest BCUT2D eigenvalue weighted by Crippen LogP contribution is 2.32. The fourth-order valence-electron chi connectivity index (χ4n) is 2.17. The van der Waals surface area contributed by atoms with Gasteiger partial charge in [0, 0.05) is 11.6 Å². The Morgan fingerprint density at radius 1 is 1.32 bits per heavy atom. The van der Waals surface area contributed by atoms with Crippen LogP contribution in [0.3, 0.4) is 0 Å². The standard InChI is InChI=1S/C16H26ClNO/c1-6-7-13(10-18-5)19-16-9-14(11(2)3)15(17)8-12(16)4/h8-9,11,13,18H,6-7,10H2,1-5H3. The van der Waals surface area contributed by atoms with E-state index in [4.69, 9.17) is 16.3 Å². The van der Waals surface area contributed by atoms with Crippen LogP contribution in [-0.2, 0) is 0 Å². The minimum absolute atomic E-state index is 0.217. The molecule has 0 amide bonds. The largest absolute Gasteiger partial charge is 0.489 e. The van der Waals surface area contributed by atoms with Crippen LogP contribution in [0.4, 0.5) is 0 Å². The normalized spacial score (nSPS) is 12.8. The van der Waals surface area contributed by atoms with E-state index in [1.807, 2.05) is 20.0 Å². The summed E-state index contributed by atoms with van der Waals surface area (Å²) in [7, 11) is 1.96. The monoisotopic (exact) mass is 283 g/mol. The van der Waals surface area contributed by atoms with Crippen molar-refractivity contribution in [1.82, 2.24) is 5.32 Å². The molecule has 0 saturated heterocycles. The SMILES string of the molecule is CCCC(CNC)Oc1cc(C(C)C)c(Cl)cc1C. The van der Waals surface area contributed by atoms with Crippen molar-refractivity contribution in [1.29, 1.82) is 0 Å². The second-order valence-corrected chi connectivity index (χ2v) is 5.79. The molecule has 108 valence electrons. The zero-order valence-corrected chi connectivity index (χ0v) is 13.5. The smallest absolute Gasteiger partial charge is 0.123 e. The lowest BCUT2D eigenvalue weighted by molar-refractivity contribution is 0.188. The molecule has 1 aromatic rings. The van der Waals surface area contributed by atoms with Crippen molar-refractivity contribution >= 4 is 11.6 Å². The molecular weight excluding hydrogens is 258 g/mol. The maximum atomic E-state index is 6.29. The lowest BCUT2D eigenvalue weighted by atomic mass is 10.0. The van der Waals surface area contributed by atoms with Crippen molar-refractivity contribution in [2.75, 3.05) is 13.6 Å². The first-order chi connectivity index (χ1) is 8.99. The van der Waals surface area contributed by atoms with Crippen LogP contribution in [0.2, 0.25) is 5.02 Å². The van der Waals surface area contributed by atoms with E-state index in [0.717, 1.165) is 41.3 Å². The maximum absolute atomic E-state index is 6.29. The van der Waals surface area contributed by atoms with Crippen molar-refractivity contribution in [2.24, 2.45) is 0 Å². The van der Waals surface area contributed by atoms with E-state index >= 15 is 0 Å². The zero-order chi connectivity index (χ0) is 14.4. The molecule has 0 heterocycles. The second kappa shape index (κ2) is 7.76. The molecule has 0 aliphatic rings. The number of ether oxygens (including phenoxy) is 1. The van der Waals surface area contributed by atoms with E-state index in [-0.39, 0.29) is 6.10 Å². The first-order valence-electron chi connectivity index (χ1n) is 7.10. The van der Waals surface area contributed by atoms with Gasteiger partial charge in [-0.2, -0.15) is 0 Å². The van der Waals surface area contributed by atoms with Gasteiger partial charge in [-0.3, -0.25) is 0 Å². The Morgan fingerprint density at radius 2 is 2.00 bits per heavy atom. The predicted molar refractivity (Wildman–Crippen MR) is 83.5 cm³/mol. The maximum Gasteiger partial charge on any atom is 0.123 e. The molecule has 0 bridgehead atoms. The van der Waals surface area contributed by atoms with Gasteiger partial charge in [0.25, 0.3) is 0 Å². The van der Waals surface area contributed by atoms with Crippen LogP contribution in [0.15, 0.2) is 12.1 Å². The summed E-state index contributed by atoms with van der Waals surface area (Å²) in [4.78, 5) is 0. The van der Waals surface area contributed by atoms with Crippen LogP contribution in [0.1, 0.15) is 50.7 Å². The Kier molecular flexibility index (Phi) is 6.67. The number of nitrogens with one attached hydrogen (secondary N) is 1. The minimum atomic E-state index is 0.217. The van der Waals surface area contributed by atoms with Gasteiger partial charge >= 0.3 is 0 Å². The number of aryl methyl sites for hydroxylation is 1. The summed E-state index contributed by atoms with van der Waals surface area (Å²) in [5.74, 6) is 1.37. The van der Waals surface area contributed by atoms with E-state index in [0.29, 0.717) is 5.92 Å². The summed E-state index contributed by atoms with van der Waals surface area (Å²) in [6, 6.07) is 4.11. The van der Waals surface area contributed by atoms with Gasteiger partial charge in [0.15, 0.2) is 0 Å². The van der Waals surface area contributed by atoms with Gasteiger partial charge in [-0.1, -0.05) is 38.8 Å². The Balaban J connectivity index is 2.95. The van der Waals surface area contributed by atoms with E-state index in [1.54, 1.807) is 0 Å². The van der Waals surface area contributed by atoms with Crippen LogP contribution in [-0.4, -0.2) is 19.7 Å². The summed E-state index contributed by atoms with van der Waals surface area (Å²) < 4.78 is 6.15. The average molecular weight is 284 g/mol. The molecule has 0 fully saturated rings. The second-order valence-electron chi connectivity index (χ2n) is 5.38. The molecule has 0 aromatic heterocycles. The van der Waals surface area contributed by atoms with Gasteiger partial charge < -0.3 is 10.1 Å². The van der Waals surface area contributed by atoms with Crippen LogP contribution in [0, 0.1) is 6.92 Å². The first kappa shape index (κ1) is 16.3. The van der Waals surface area contributed by atoms with E-state index in [1.165, 1.54) is 0 Å². The third-order valence-corrected chi connectivity index (χ3v) is 3.58. The van der Waals surface area contributed by atoms with Crippen LogP contribution in [0.5, 0.6) is 5.75 Å². The van der Waals surface area contributed by atoms with Crippen LogP contribution in [0.25, 0.3) is 0 Å². The summed E-state index contributed by atoms with van der Waals surface area (Å²) >= 11 is 6.29. The lowest BCUT2D eigenvalue weighted by Gasteiger charge is -2.21. The molecule has 0 aliphatic carbocycles. The summed E-state index contributed by atoms with van der Waals surface area (Å²) in [5.41, 5.74) is 2.26. The highest BCUT2D eigenvalue weighted by atomic mass is 35.5. The average Bonchev–Trinajstić information content (AvgIpc) is 2.32. The Bertz CT molecular complexity index is 398. The van der Waals surface area contributed by atoms with E-state index in [9.17, 15) is 0 Å². The predicted octanol–water partition coefficient (Wildman–Crippen LogP) is 4.54. The van der Waals surface area contributed by atoms with Gasteiger partial charge in [0.1, 0.15) is 11.9 Å². The third kappa shape index (κ3) is 4.70. The van der Waals surface area contributed by atoms with Crippen molar-refractivity contribution < 1.29 is 4.74 Å². The zero-order valence-electron chi connectivity index (χ0n) is 12.7.